The van der Waals surface area contributed by atoms with E-state index in [4.69, 9.17) is 0 Å². The van der Waals surface area contributed by atoms with Gasteiger partial charge in [-0.1, -0.05) is 12.1 Å². The summed E-state index contributed by atoms with van der Waals surface area (Å²) < 4.78 is 13.9. The molecule has 3 unspecified atom stereocenters. The van der Waals surface area contributed by atoms with Crippen LogP contribution < -0.4 is 21.1 Å². The molecule has 3 saturated heterocycles. The zero-order chi connectivity index (χ0) is 16.5. The van der Waals surface area contributed by atoms with Gasteiger partial charge in [0.05, 0.1) is 5.69 Å². The van der Waals surface area contributed by atoms with Crippen molar-refractivity contribution in [3.8, 4) is 0 Å². The van der Waals surface area contributed by atoms with Gasteiger partial charge in [0.25, 0.3) is 0 Å². The molecule has 3 aliphatic heterocycles. The molecule has 0 saturated carbocycles. The van der Waals surface area contributed by atoms with Crippen molar-refractivity contribution in [2.75, 3.05) is 44.2 Å². The van der Waals surface area contributed by atoms with Gasteiger partial charge in [0.15, 0.2) is 0 Å². The van der Waals surface area contributed by atoms with Crippen molar-refractivity contribution in [1.82, 2.24) is 21.1 Å². The van der Waals surface area contributed by atoms with Crippen LogP contribution in [0.5, 0.6) is 0 Å². The highest BCUT2D eigenvalue weighted by Crippen LogP contribution is 2.23. The van der Waals surface area contributed by atoms with E-state index >= 15 is 0 Å². The minimum Gasteiger partial charge on any atom is -0.366 e. The van der Waals surface area contributed by atoms with Crippen molar-refractivity contribution >= 4 is 24.0 Å². The maximum Gasteiger partial charge on any atom is 0.241 e. The Morgan fingerprint density at radius 3 is 2.64 bits per heavy atom. The molecule has 25 heavy (non-hydrogen) atoms. The molecule has 3 atom stereocenters. The Morgan fingerprint density at radius 2 is 1.88 bits per heavy atom. The van der Waals surface area contributed by atoms with Crippen LogP contribution in [0.15, 0.2) is 24.3 Å². The number of fused-ring (bicyclic) bond motifs is 1. The molecule has 3 aliphatic rings. The number of nitrogens with one attached hydrogen (secondary N) is 3. The first kappa shape index (κ1) is 18.4. The maximum atomic E-state index is 13.9. The molecule has 1 aromatic carbocycles. The number of rotatable bonds is 2. The predicted molar refractivity (Wildman–Crippen MR) is 97.3 cm³/mol. The molecule has 3 fully saturated rings. The third-order valence-electron chi connectivity index (χ3n) is 5.43. The van der Waals surface area contributed by atoms with Gasteiger partial charge in [-0.2, -0.15) is 0 Å². The number of hydrogen-bond acceptors (Lipinski definition) is 5. The van der Waals surface area contributed by atoms with E-state index in [1.54, 1.807) is 12.1 Å². The van der Waals surface area contributed by atoms with Crippen molar-refractivity contribution in [1.29, 1.82) is 0 Å². The summed E-state index contributed by atoms with van der Waals surface area (Å²) in [6, 6.07) is 7.04. The van der Waals surface area contributed by atoms with Crippen molar-refractivity contribution < 1.29 is 9.18 Å². The zero-order valence-corrected chi connectivity index (χ0v) is 14.9. The lowest BCUT2D eigenvalue weighted by molar-refractivity contribution is -0.134. The molecule has 4 rings (SSSR count). The van der Waals surface area contributed by atoms with Crippen LogP contribution in [0.25, 0.3) is 0 Å². The van der Waals surface area contributed by atoms with Crippen LogP contribution in [0.3, 0.4) is 0 Å². The minimum atomic E-state index is -0.199. The van der Waals surface area contributed by atoms with Crippen LogP contribution >= 0.6 is 12.4 Å². The van der Waals surface area contributed by atoms with Gasteiger partial charge in [0, 0.05) is 44.7 Å². The van der Waals surface area contributed by atoms with E-state index in [2.05, 4.69) is 16.2 Å². The molecule has 0 bridgehead atoms. The normalized spacial score (nSPS) is 29.1. The highest BCUT2D eigenvalue weighted by molar-refractivity contribution is 5.85. The number of carbonyl (C=O) groups is 1. The molecular formula is C17H25ClFN5O. The highest BCUT2D eigenvalue weighted by atomic mass is 35.5. The topological polar surface area (TPSA) is 59.6 Å². The zero-order valence-electron chi connectivity index (χ0n) is 14.1. The third-order valence-corrected chi connectivity index (χ3v) is 5.43. The Balaban J connectivity index is 0.00000182. The molecule has 0 spiro atoms. The summed E-state index contributed by atoms with van der Waals surface area (Å²) in [7, 11) is 0. The molecule has 0 aromatic heterocycles. The molecule has 3 heterocycles. The van der Waals surface area contributed by atoms with Crippen LogP contribution in [-0.2, 0) is 4.79 Å². The largest absolute Gasteiger partial charge is 0.366 e. The molecule has 0 radical (unpaired) electrons. The molecule has 3 N–H and O–H groups in total. The summed E-state index contributed by atoms with van der Waals surface area (Å²) in [5.74, 6) is 0.262. The monoisotopic (exact) mass is 369 g/mol. The van der Waals surface area contributed by atoms with Gasteiger partial charge in [0.2, 0.25) is 5.91 Å². The second kappa shape index (κ2) is 7.86. The minimum absolute atomic E-state index is 0. The smallest absolute Gasteiger partial charge is 0.241 e. The number of anilines is 1. The fraction of sp³-hybridized carbons (Fsp3) is 0.588. The first-order valence-electron chi connectivity index (χ1n) is 8.74. The Bertz CT molecular complexity index is 610. The number of piperidine rings is 1. The summed E-state index contributed by atoms with van der Waals surface area (Å²) in [6.07, 6.45) is 1.04. The van der Waals surface area contributed by atoms with E-state index in [0.29, 0.717) is 43.8 Å². The van der Waals surface area contributed by atoms with E-state index in [0.717, 1.165) is 19.5 Å². The van der Waals surface area contributed by atoms with Gasteiger partial charge in [0.1, 0.15) is 11.9 Å². The highest BCUT2D eigenvalue weighted by Gasteiger charge is 2.43. The van der Waals surface area contributed by atoms with Crippen molar-refractivity contribution in [3.05, 3.63) is 30.1 Å². The number of amides is 1. The summed E-state index contributed by atoms with van der Waals surface area (Å²) in [6.45, 7) is 4.47. The Morgan fingerprint density at radius 1 is 1.12 bits per heavy atom. The first-order chi connectivity index (χ1) is 11.7. The van der Waals surface area contributed by atoms with E-state index < -0.39 is 0 Å². The average molecular weight is 370 g/mol. The number of halogens is 2. The SMILES string of the molecule is Cl.O=C(C1NNC2CCNCC21)N1CCN(c2ccccc2F)CC1. The number of para-hydroxylation sites is 1. The van der Waals surface area contributed by atoms with Gasteiger partial charge in [-0.05, 0) is 25.1 Å². The van der Waals surface area contributed by atoms with Gasteiger partial charge in [-0.15, -0.1) is 12.4 Å². The molecule has 8 heteroatoms. The second-order valence-electron chi connectivity index (χ2n) is 6.79. The fourth-order valence-electron chi connectivity index (χ4n) is 4.03. The number of hydrazine groups is 1. The van der Waals surface area contributed by atoms with E-state index in [1.807, 2.05) is 15.9 Å². The second-order valence-corrected chi connectivity index (χ2v) is 6.79. The van der Waals surface area contributed by atoms with Gasteiger partial charge in [-0.3, -0.25) is 10.2 Å². The van der Waals surface area contributed by atoms with Crippen LogP contribution in [-0.4, -0.2) is 62.2 Å². The summed E-state index contributed by atoms with van der Waals surface area (Å²) in [5, 5.41) is 3.38. The first-order valence-corrected chi connectivity index (χ1v) is 8.74. The number of benzene rings is 1. The molecule has 0 aliphatic carbocycles. The average Bonchev–Trinajstić information content (AvgIpc) is 3.06. The van der Waals surface area contributed by atoms with Crippen molar-refractivity contribution in [3.63, 3.8) is 0 Å². The molecule has 138 valence electrons. The Hall–Kier alpha value is -1.41. The third kappa shape index (κ3) is 3.60. The molecule has 1 amide bonds. The standard InChI is InChI=1S/C17H24FN5O.ClH/c18-13-3-1-2-4-15(13)22-7-9-23(10-8-22)17(24)16-12-11-19-6-5-14(12)20-21-16;/h1-4,12,14,16,19-21H,5-11H2;1H. The summed E-state index contributed by atoms with van der Waals surface area (Å²) in [4.78, 5) is 16.8. The van der Waals surface area contributed by atoms with Crippen molar-refractivity contribution in [2.24, 2.45) is 5.92 Å². The van der Waals surface area contributed by atoms with Crippen LogP contribution in [0.1, 0.15) is 6.42 Å². The maximum absolute atomic E-state index is 13.9. The van der Waals surface area contributed by atoms with Crippen molar-refractivity contribution in [2.45, 2.75) is 18.5 Å². The lowest BCUT2D eigenvalue weighted by atomic mass is 9.89. The van der Waals surface area contributed by atoms with Gasteiger partial charge < -0.3 is 15.1 Å². The van der Waals surface area contributed by atoms with Crippen LogP contribution in [0.2, 0.25) is 0 Å². The van der Waals surface area contributed by atoms with Crippen LogP contribution in [0, 0.1) is 11.7 Å². The number of piperazine rings is 1. The van der Waals surface area contributed by atoms with Gasteiger partial charge >= 0.3 is 0 Å². The van der Waals surface area contributed by atoms with E-state index in [9.17, 15) is 9.18 Å². The molecular weight excluding hydrogens is 345 g/mol. The Labute approximate surface area is 153 Å². The predicted octanol–water partition coefficient (Wildman–Crippen LogP) is 0.351. The number of carbonyl (C=O) groups excluding carboxylic acids is 1. The van der Waals surface area contributed by atoms with E-state index in [1.165, 1.54) is 6.07 Å². The number of nitrogens with zero attached hydrogens (tertiary/aromatic N) is 2. The lowest BCUT2D eigenvalue weighted by Crippen LogP contribution is -2.56. The lowest BCUT2D eigenvalue weighted by Gasteiger charge is -2.38. The van der Waals surface area contributed by atoms with Gasteiger partial charge in [-0.25, -0.2) is 9.82 Å². The molecule has 1 aromatic rings. The fourth-order valence-corrected chi connectivity index (χ4v) is 4.03. The number of hydrogen-bond donors (Lipinski definition) is 3. The quantitative estimate of drug-likeness (QED) is 0.702. The van der Waals surface area contributed by atoms with E-state index in [-0.39, 0.29) is 30.2 Å². The summed E-state index contributed by atoms with van der Waals surface area (Å²) in [5.41, 5.74) is 7.09. The summed E-state index contributed by atoms with van der Waals surface area (Å²) >= 11 is 0. The van der Waals surface area contributed by atoms with Crippen LogP contribution in [0.4, 0.5) is 10.1 Å². The molecule has 6 nitrogen and oxygen atoms in total. The Kier molecular flexibility index (Phi) is 5.78.